The topological polar surface area (TPSA) is 57.0 Å². The van der Waals surface area contributed by atoms with Crippen molar-refractivity contribution in [2.75, 3.05) is 6.61 Å². The van der Waals surface area contributed by atoms with E-state index in [0.29, 0.717) is 18.3 Å². The molecule has 1 heterocycles. The average molecular weight is 249 g/mol. The van der Waals surface area contributed by atoms with Gasteiger partial charge in [0, 0.05) is 0 Å². The van der Waals surface area contributed by atoms with Crippen molar-refractivity contribution >= 4 is 5.97 Å². The Bertz CT molecular complexity index is 469. The molecule has 18 heavy (non-hydrogen) atoms. The van der Waals surface area contributed by atoms with E-state index >= 15 is 0 Å². The Hall–Kier alpha value is -1.39. The first kappa shape index (κ1) is 11.7. The van der Waals surface area contributed by atoms with Crippen LogP contribution in [0.1, 0.15) is 54.8 Å². The van der Waals surface area contributed by atoms with Crippen LogP contribution in [0.5, 0.6) is 0 Å². The van der Waals surface area contributed by atoms with Crippen LogP contribution < -0.4 is 0 Å². The van der Waals surface area contributed by atoms with Gasteiger partial charge in [0.15, 0.2) is 5.69 Å². The summed E-state index contributed by atoms with van der Waals surface area (Å²) in [5.74, 6) is 1.23. The van der Waals surface area contributed by atoms with Gasteiger partial charge in [-0.15, -0.1) is 5.10 Å². The van der Waals surface area contributed by atoms with Gasteiger partial charge in [-0.25, -0.2) is 9.48 Å². The lowest BCUT2D eigenvalue weighted by molar-refractivity contribution is 0.0518. The van der Waals surface area contributed by atoms with E-state index in [4.69, 9.17) is 4.74 Å². The van der Waals surface area contributed by atoms with Crippen molar-refractivity contribution in [3.63, 3.8) is 0 Å². The normalized spacial score (nSPS) is 29.8. The average Bonchev–Trinajstić information content (AvgIpc) is 3.03. The third-order valence-electron chi connectivity index (χ3n) is 4.41. The highest BCUT2D eigenvalue weighted by atomic mass is 16.5. The molecule has 0 amide bonds. The van der Waals surface area contributed by atoms with E-state index in [9.17, 15) is 4.79 Å². The molecule has 0 spiro atoms. The molecule has 5 heteroatoms. The lowest BCUT2D eigenvalue weighted by Gasteiger charge is -2.22. The fraction of sp³-hybridized carbons (Fsp3) is 0.769. The molecular weight excluding hydrogens is 230 g/mol. The lowest BCUT2D eigenvalue weighted by atomic mass is 9.95. The van der Waals surface area contributed by atoms with Crippen molar-refractivity contribution in [3.8, 4) is 0 Å². The summed E-state index contributed by atoms with van der Waals surface area (Å²) in [7, 11) is 0. The summed E-state index contributed by atoms with van der Waals surface area (Å²) in [6, 6.07) is 0.444. The van der Waals surface area contributed by atoms with E-state index in [1.807, 2.05) is 11.6 Å². The van der Waals surface area contributed by atoms with Gasteiger partial charge in [0.1, 0.15) is 0 Å². The maximum Gasteiger partial charge on any atom is 0.360 e. The zero-order chi connectivity index (χ0) is 12.7. The summed E-state index contributed by atoms with van der Waals surface area (Å²) < 4.78 is 6.95. The molecule has 1 aromatic rings. The summed E-state index contributed by atoms with van der Waals surface area (Å²) in [6.07, 6.45) is 5.17. The molecular formula is C13H19N3O2. The van der Waals surface area contributed by atoms with E-state index in [-0.39, 0.29) is 5.97 Å². The van der Waals surface area contributed by atoms with Crippen LogP contribution in [-0.2, 0) is 4.74 Å². The van der Waals surface area contributed by atoms with E-state index in [1.54, 1.807) is 6.92 Å². The van der Waals surface area contributed by atoms with Crippen molar-refractivity contribution in [2.45, 2.75) is 45.6 Å². The Morgan fingerprint density at radius 1 is 1.44 bits per heavy atom. The SMILES string of the molecule is CCOC(=O)c1nnn(C2CC3CCC2C3)c1C. The smallest absolute Gasteiger partial charge is 0.360 e. The molecule has 2 fully saturated rings. The van der Waals surface area contributed by atoms with E-state index in [1.165, 1.54) is 25.7 Å². The largest absolute Gasteiger partial charge is 0.461 e. The van der Waals surface area contributed by atoms with Crippen LogP contribution in [0.15, 0.2) is 0 Å². The summed E-state index contributed by atoms with van der Waals surface area (Å²) in [5, 5.41) is 8.19. The Morgan fingerprint density at radius 2 is 2.28 bits per heavy atom. The van der Waals surface area contributed by atoms with Gasteiger partial charge in [-0.2, -0.15) is 0 Å². The number of carbonyl (C=O) groups is 1. The van der Waals surface area contributed by atoms with Gasteiger partial charge >= 0.3 is 5.97 Å². The van der Waals surface area contributed by atoms with Gasteiger partial charge < -0.3 is 4.74 Å². The number of esters is 1. The molecule has 2 saturated carbocycles. The van der Waals surface area contributed by atoms with Crippen LogP contribution in [0.2, 0.25) is 0 Å². The molecule has 3 rings (SSSR count). The molecule has 0 aromatic carbocycles. The van der Waals surface area contributed by atoms with E-state index < -0.39 is 0 Å². The van der Waals surface area contributed by atoms with Gasteiger partial charge in [0.05, 0.1) is 18.3 Å². The van der Waals surface area contributed by atoms with Gasteiger partial charge in [-0.3, -0.25) is 0 Å². The predicted molar refractivity (Wildman–Crippen MR) is 65.2 cm³/mol. The summed E-state index contributed by atoms with van der Waals surface area (Å²) >= 11 is 0. The van der Waals surface area contributed by atoms with E-state index in [2.05, 4.69) is 10.3 Å². The molecule has 3 unspecified atom stereocenters. The molecule has 98 valence electrons. The highest BCUT2D eigenvalue weighted by Gasteiger charge is 2.42. The van der Waals surface area contributed by atoms with Gasteiger partial charge in [0.2, 0.25) is 0 Å². The second kappa shape index (κ2) is 4.37. The van der Waals surface area contributed by atoms with Crippen LogP contribution >= 0.6 is 0 Å². The quantitative estimate of drug-likeness (QED) is 0.770. The first-order valence-electron chi connectivity index (χ1n) is 6.79. The third-order valence-corrected chi connectivity index (χ3v) is 4.41. The lowest BCUT2D eigenvalue weighted by Crippen LogP contribution is -2.19. The molecule has 5 nitrogen and oxygen atoms in total. The third kappa shape index (κ3) is 1.72. The van der Waals surface area contributed by atoms with Gasteiger partial charge in [-0.05, 0) is 44.9 Å². The van der Waals surface area contributed by atoms with Gasteiger partial charge in [-0.1, -0.05) is 11.6 Å². The minimum Gasteiger partial charge on any atom is -0.461 e. The van der Waals surface area contributed by atoms with Crippen LogP contribution in [0, 0.1) is 18.8 Å². The highest BCUT2D eigenvalue weighted by molar-refractivity contribution is 5.88. The van der Waals surface area contributed by atoms with Crippen molar-refractivity contribution in [3.05, 3.63) is 11.4 Å². The minimum atomic E-state index is -0.357. The Morgan fingerprint density at radius 3 is 2.89 bits per heavy atom. The number of aromatic nitrogens is 3. The first-order valence-corrected chi connectivity index (χ1v) is 6.79. The minimum absolute atomic E-state index is 0.357. The highest BCUT2D eigenvalue weighted by Crippen LogP contribution is 2.50. The maximum atomic E-state index is 11.7. The Balaban J connectivity index is 1.84. The fourth-order valence-electron chi connectivity index (χ4n) is 3.55. The summed E-state index contributed by atoms with van der Waals surface area (Å²) in [6.45, 7) is 4.09. The van der Waals surface area contributed by atoms with Crippen molar-refractivity contribution < 1.29 is 9.53 Å². The molecule has 2 aliphatic carbocycles. The maximum absolute atomic E-state index is 11.7. The zero-order valence-corrected chi connectivity index (χ0v) is 10.9. The predicted octanol–water partition coefficient (Wildman–Crippen LogP) is 2.12. The second-order valence-electron chi connectivity index (χ2n) is 5.43. The molecule has 2 bridgehead atoms. The van der Waals surface area contributed by atoms with Crippen LogP contribution in [0.4, 0.5) is 0 Å². The summed E-state index contributed by atoms with van der Waals surface area (Å²) in [4.78, 5) is 11.7. The van der Waals surface area contributed by atoms with E-state index in [0.717, 1.165) is 17.5 Å². The zero-order valence-electron chi connectivity index (χ0n) is 10.9. The number of rotatable bonds is 3. The Kier molecular flexibility index (Phi) is 2.84. The molecule has 1 aromatic heterocycles. The number of fused-ring (bicyclic) bond motifs is 2. The van der Waals surface area contributed by atoms with Crippen LogP contribution in [-0.4, -0.2) is 27.6 Å². The standard InChI is InChI=1S/C13H19N3O2/c1-3-18-13(17)12-8(2)16(15-14-12)11-7-9-4-5-10(11)6-9/h9-11H,3-7H2,1-2H3. The first-order chi connectivity index (χ1) is 8.70. The van der Waals surface area contributed by atoms with Crippen molar-refractivity contribution in [2.24, 2.45) is 11.8 Å². The van der Waals surface area contributed by atoms with Crippen molar-refractivity contribution in [1.82, 2.24) is 15.0 Å². The number of hydrogen-bond acceptors (Lipinski definition) is 4. The summed E-state index contributed by atoms with van der Waals surface area (Å²) in [5.41, 5.74) is 1.23. The number of nitrogens with zero attached hydrogens (tertiary/aromatic N) is 3. The number of carbonyl (C=O) groups excluding carboxylic acids is 1. The van der Waals surface area contributed by atoms with Crippen LogP contribution in [0.25, 0.3) is 0 Å². The monoisotopic (exact) mass is 249 g/mol. The molecule has 0 radical (unpaired) electrons. The molecule has 3 atom stereocenters. The Labute approximate surface area is 107 Å². The molecule has 2 aliphatic rings. The fourth-order valence-corrected chi connectivity index (χ4v) is 3.55. The number of ether oxygens (including phenoxy) is 1. The molecule has 0 saturated heterocycles. The number of hydrogen-bond donors (Lipinski definition) is 0. The van der Waals surface area contributed by atoms with Gasteiger partial charge in [0.25, 0.3) is 0 Å². The second-order valence-corrected chi connectivity index (χ2v) is 5.43. The van der Waals surface area contributed by atoms with Crippen LogP contribution in [0.3, 0.4) is 0 Å². The van der Waals surface area contributed by atoms with Crippen molar-refractivity contribution in [1.29, 1.82) is 0 Å². The molecule has 0 aliphatic heterocycles. The molecule has 0 N–H and O–H groups in total.